The summed E-state index contributed by atoms with van der Waals surface area (Å²) in [6, 6.07) is 1.81. The molecule has 2 aromatic rings. The fourth-order valence-corrected chi connectivity index (χ4v) is 3.29. The first-order valence-corrected chi connectivity index (χ1v) is 8.15. The molecule has 5 nitrogen and oxygen atoms in total. The summed E-state index contributed by atoms with van der Waals surface area (Å²) in [4.78, 5) is 10.7. The van der Waals surface area contributed by atoms with E-state index in [0.717, 1.165) is 36.9 Å². The minimum atomic E-state index is 0.555. The lowest BCUT2D eigenvalue weighted by atomic mass is 9.98. The summed E-state index contributed by atoms with van der Waals surface area (Å²) in [5.41, 5.74) is 0. The number of halogens is 1. The molecule has 0 amide bonds. The Labute approximate surface area is 133 Å². The molecule has 21 heavy (non-hydrogen) atoms. The number of pyridine rings is 1. The number of rotatable bonds is 4. The van der Waals surface area contributed by atoms with Crippen molar-refractivity contribution in [2.75, 3.05) is 24.6 Å². The quantitative estimate of drug-likeness (QED) is 0.864. The second-order valence-corrected chi connectivity index (χ2v) is 6.31. The average molecular weight is 325 g/mol. The first kappa shape index (κ1) is 14.5. The number of hydrogen-bond donors (Lipinski definition) is 0. The van der Waals surface area contributed by atoms with Crippen LogP contribution < -0.4 is 9.64 Å². The van der Waals surface area contributed by atoms with Crippen molar-refractivity contribution in [3.63, 3.8) is 0 Å². The summed E-state index contributed by atoms with van der Waals surface area (Å²) in [5.74, 6) is 2.13. The minimum absolute atomic E-state index is 0.555. The van der Waals surface area contributed by atoms with Crippen molar-refractivity contribution >= 4 is 28.3 Å². The first-order valence-electron chi connectivity index (χ1n) is 7.00. The van der Waals surface area contributed by atoms with Gasteiger partial charge < -0.3 is 9.64 Å². The van der Waals surface area contributed by atoms with Crippen molar-refractivity contribution in [3.05, 3.63) is 29.3 Å². The van der Waals surface area contributed by atoms with E-state index in [0.29, 0.717) is 23.3 Å². The third-order valence-electron chi connectivity index (χ3n) is 3.61. The molecule has 1 saturated heterocycles. The van der Waals surface area contributed by atoms with Crippen molar-refractivity contribution in [3.8, 4) is 5.75 Å². The number of aryl methyl sites for hydroxylation is 1. The highest BCUT2D eigenvalue weighted by atomic mass is 35.5. The SMILES string of the molecule is Cc1nsc(N2CCC(COc3ccncc3Cl)CC2)n1. The number of piperidine rings is 1. The van der Waals surface area contributed by atoms with Crippen LogP contribution in [0.4, 0.5) is 5.13 Å². The second-order valence-electron chi connectivity index (χ2n) is 5.17. The van der Waals surface area contributed by atoms with Gasteiger partial charge in [0.2, 0.25) is 5.13 Å². The summed E-state index contributed by atoms with van der Waals surface area (Å²) in [6.45, 7) is 4.64. The molecule has 0 aromatic carbocycles. The molecule has 112 valence electrons. The summed E-state index contributed by atoms with van der Waals surface area (Å²) in [5, 5.41) is 1.60. The van der Waals surface area contributed by atoms with Gasteiger partial charge in [0.25, 0.3) is 0 Å². The van der Waals surface area contributed by atoms with Gasteiger partial charge in [0.05, 0.1) is 6.61 Å². The summed E-state index contributed by atoms with van der Waals surface area (Å²) < 4.78 is 10.0. The monoisotopic (exact) mass is 324 g/mol. The molecule has 3 rings (SSSR count). The van der Waals surface area contributed by atoms with E-state index in [2.05, 4.69) is 19.2 Å². The van der Waals surface area contributed by atoms with Gasteiger partial charge >= 0.3 is 0 Å². The Morgan fingerprint density at radius 2 is 2.24 bits per heavy atom. The van der Waals surface area contributed by atoms with Crippen LogP contribution in [0.15, 0.2) is 18.5 Å². The smallest absolute Gasteiger partial charge is 0.205 e. The Balaban J connectivity index is 1.49. The maximum Gasteiger partial charge on any atom is 0.205 e. The molecule has 0 aliphatic carbocycles. The van der Waals surface area contributed by atoms with Gasteiger partial charge in [-0.05, 0) is 25.7 Å². The molecule has 0 atom stereocenters. The third kappa shape index (κ3) is 3.63. The summed E-state index contributed by atoms with van der Waals surface area (Å²) in [7, 11) is 0. The molecule has 0 unspecified atom stereocenters. The normalized spacial score (nSPS) is 16.2. The van der Waals surface area contributed by atoms with Gasteiger partial charge in [-0.2, -0.15) is 4.37 Å². The second kappa shape index (κ2) is 6.58. The van der Waals surface area contributed by atoms with E-state index >= 15 is 0 Å². The van der Waals surface area contributed by atoms with E-state index < -0.39 is 0 Å². The fourth-order valence-electron chi connectivity index (χ4n) is 2.39. The van der Waals surface area contributed by atoms with Crippen LogP contribution in [0, 0.1) is 12.8 Å². The van der Waals surface area contributed by atoms with E-state index in [9.17, 15) is 0 Å². The Bertz CT molecular complexity index is 598. The molecule has 7 heteroatoms. The Kier molecular flexibility index (Phi) is 4.55. The Morgan fingerprint density at radius 1 is 1.43 bits per heavy atom. The van der Waals surface area contributed by atoms with E-state index in [4.69, 9.17) is 16.3 Å². The van der Waals surface area contributed by atoms with Crippen molar-refractivity contribution < 1.29 is 4.74 Å². The van der Waals surface area contributed by atoms with Crippen LogP contribution in [0.1, 0.15) is 18.7 Å². The molecule has 0 bridgehead atoms. The van der Waals surface area contributed by atoms with E-state index in [-0.39, 0.29) is 0 Å². The van der Waals surface area contributed by atoms with Crippen LogP contribution in [0.25, 0.3) is 0 Å². The largest absolute Gasteiger partial charge is 0.492 e. The summed E-state index contributed by atoms with van der Waals surface area (Å²) >= 11 is 7.52. The molecule has 3 heterocycles. The molecule has 0 saturated carbocycles. The lowest BCUT2D eigenvalue weighted by molar-refractivity contribution is 0.223. The standard InChI is InChI=1S/C14H17ClN4OS/c1-10-17-14(21-18-10)19-6-3-11(4-7-19)9-20-13-2-5-16-8-12(13)15/h2,5,8,11H,3-4,6-7,9H2,1H3. The van der Waals surface area contributed by atoms with E-state index in [1.54, 1.807) is 12.4 Å². The van der Waals surface area contributed by atoms with E-state index in [1.807, 2.05) is 13.0 Å². The van der Waals surface area contributed by atoms with Gasteiger partial charge in [-0.15, -0.1) is 0 Å². The highest BCUT2D eigenvalue weighted by molar-refractivity contribution is 7.09. The zero-order chi connectivity index (χ0) is 14.7. The zero-order valence-electron chi connectivity index (χ0n) is 11.8. The topological polar surface area (TPSA) is 51.1 Å². The van der Waals surface area contributed by atoms with Crippen molar-refractivity contribution in [1.29, 1.82) is 0 Å². The van der Waals surface area contributed by atoms with Crippen LogP contribution in [-0.4, -0.2) is 34.0 Å². The molecule has 2 aromatic heterocycles. The lowest BCUT2D eigenvalue weighted by Gasteiger charge is -2.31. The molecule has 0 spiro atoms. The predicted molar refractivity (Wildman–Crippen MR) is 84.3 cm³/mol. The van der Waals surface area contributed by atoms with Crippen LogP contribution in [0.2, 0.25) is 5.02 Å². The van der Waals surface area contributed by atoms with Gasteiger partial charge in [-0.25, -0.2) is 4.98 Å². The first-order chi connectivity index (χ1) is 10.2. The van der Waals surface area contributed by atoms with Crippen LogP contribution in [-0.2, 0) is 0 Å². The van der Waals surface area contributed by atoms with Gasteiger partial charge in [0.15, 0.2) is 0 Å². The van der Waals surface area contributed by atoms with Gasteiger partial charge in [0, 0.05) is 43.1 Å². The summed E-state index contributed by atoms with van der Waals surface area (Å²) in [6.07, 6.45) is 5.50. The average Bonchev–Trinajstić information content (AvgIpc) is 2.94. The van der Waals surface area contributed by atoms with Gasteiger partial charge in [-0.3, -0.25) is 4.98 Å². The zero-order valence-corrected chi connectivity index (χ0v) is 13.4. The van der Waals surface area contributed by atoms with Crippen molar-refractivity contribution in [1.82, 2.24) is 14.3 Å². The van der Waals surface area contributed by atoms with Crippen LogP contribution in [0.3, 0.4) is 0 Å². The minimum Gasteiger partial charge on any atom is -0.492 e. The van der Waals surface area contributed by atoms with Gasteiger partial charge in [0.1, 0.15) is 16.6 Å². The molecule has 0 radical (unpaired) electrons. The number of ether oxygens (including phenoxy) is 1. The molecular formula is C14H17ClN4OS. The lowest BCUT2D eigenvalue weighted by Crippen LogP contribution is -2.35. The Morgan fingerprint density at radius 3 is 2.90 bits per heavy atom. The maximum absolute atomic E-state index is 6.04. The maximum atomic E-state index is 6.04. The number of hydrogen-bond acceptors (Lipinski definition) is 6. The van der Waals surface area contributed by atoms with Crippen LogP contribution in [0.5, 0.6) is 5.75 Å². The highest BCUT2D eigenvalue weighted by Crippen LogP contribution is 2.27. The molecule has 1 fully saturated rings. The molecule has 0 N–H and O–H groups in total. The van der Waals surface area contributed by atoms with Crippen LogP contribution >= 0.6 is 23.1 Å². The highest BCUT2D eigenvalue weighted by Gasteiger charge is 2.22. The van der Waals surface area contributed by atoms with Crippen molar-refractivity contribution in [2.24, 2.45) is 5.92 Å². The number of nitrogens with zero attached hydrogens (tertiary/aromatic N) is 4. The van der Waals surface area contributed by atoms with E-state index in [1.165, 1.54) is 11.5 Å². The third-order valence-corrected chi connectivity index (χ3v) is 4.76. The number of aromatic nitrogens is 3. The fraction of sp³-hybridized carbons (Fsp3) is 0.500. The molecular weight excluding hydrogens is 308 g/mol. The predicted octanol–water partition coefficient (Wildman–Crippen LogP) is 3.19. The van der Waals surface area contributed by atoms with Crippen molar-refractivity contribution in [2.45, 2.75) is 19.8 Å². The number of anilines is 1. The van der Waals surface area contributed by atoms with Gasteiger partial charge in [-0.1, -0.05) is 11.6 Å². The molecule has 1 aliphatic rings. The molecule has 1 aliphatic heterocycles. The Hall–Kier alpha value is -1.40.